The van der Waals surface area contributed by atoms with E-state index in [9.17, 15) is 4.79 Å². The summed E-state index contributed by atoms with van der Waals surface area (Å²) in [4.78, 5) is 12.2. The smallest absolute Gasteiger partial charge is 0.335 e. The molecule has 0 saturated carbocycles. The van der Waals surface area contributed by atoms with Crippen molar-refractivity contribution in [1.29, 1.82) is 0 Å². The lowest BCUT2D eigenvalue weighted by Gasteiger charge is -2.18. The second-order valence-corrected chi connectivity index (χ2v) is 5.95. The largest absolute Gasteiger partial charge is 0.478 e. The van der Waals surface area contributed by atoms with Crippen LogP contribution in [0.3, 0.4) is 0 Å². The van der Waals surface area contributed by atoms with Crippen molar-refractivity contribution in [2.75, 3.05) is 5.32 Å². The van der Waals surface area contributed by atoms with Crippen LogP contribution in [0.25, 0.3) is 0 Å². The first-order valence-electron chi connectivity index (χ1n) is 5.94. The van der Waals surface area contributed by atoms with E-state index in [1.54, 1.807) is 29.5 Å². The Kier molecular flexibility index (Phi) is 4.61. The Bertz CT molecular complexity index is 569. The van der Waals surface area contributed by atoms with Crippen molar-refractivity contribution >= 4 is 38.9 Å². The number of anilines is 1. The van der Waals surface area contributed by atoms with Gasteiger partial charge in [-0.3, -0.25) is 0 Å². The number of thiophene rings is 1. The topological polar surface area (TPSA) is 49.3 Å². The van der Waals surface area contributed by atoms with E-state index >= 15 is 0 Å². The minimum atomic E-state index is -0.919. The van der Waals surface area contributed by atoms with Crippen LogP contribution in [0.1, 0.15) is 34.6 Å². The van der Waals surface area contributed by atoms with Crippen LogP contribution in [-0.2, 0) is 0 Å². The van der Waals surface area contributed by atoms with Gasteiger partial charge in [0.2, 0.25) is 0 Å². The molecule has 2 N–H and O–H groups in total. The van der Waals surface area contributed by atoms with Gasteiger partial charge in [0.15, 0.2) is 0 Å². The standard InChI is InChI=1S/C14H14BrNO2S/c1-2-11(13-4-3-7-19-13)16-12-6-5-9(14(17)18)8-10(12)15/h3-8,11,16H,2H2,1H3,(H,17,18). The van der Waals surface area contributed by atoms with Gasteiger partial charge in [-0.1, -0.05) is 13.0 Å². The molecule has 1 unspecified atom stereocenters. The van der Waals surface area contributed by atoms with Crippen LogP contribution in [0.15, 0.2) is 40.2 Å². The van der Waals surface area contributed by atoms with Gasteiger partial charge in [-0.25, -0.2) is 4.79 Å². The molecule has 19 heavy (non-hydrogen) atoms. The molecule has 1 aromatic heterocycles. The van der Waals surface area contributed by atoms with E-state index in [4.69, 9.17) is 5.11 Å². The number of hydrogen-bond acceptors (Lipinski definition) is 3. The number of rotatable bonds is 5. The van der Waals surface area contributed by atoms with E-state index in [-0.39, 0.29) is 11.6 Å². The molecule has 1 heterocycles. The maximum atomic E-state index is 10.9. The number of carboxylic acids is 1. The zero-order valence-electron chi connectivity index (χ0n) is 10.4. The summed E-state index contributed by atoms with van der Waals surface area (Å²) in [6.07, 6.45) is 0.966. The minimum Gasteiger partial charge on any atom is -0.478 e. The summed E-state index contributed by atoms with van der Waals surface area (Å²) in [6.45, 7) is 2.12. The highest BCUT2D eigenvalue weighted by atomic mass is 79.9. The number of benzene rings is 1. The summed E-state index contributed by atoms with van der Waals surface area (Å²) < 4.78 is 0.766. The SMILES string of the molecule is CCC(Nc1ccc(C(=O)O)cc1Br)c1cccs1. The van der Waals surface area contributed by atoms with Crippen molar-refractivity contribution < 1.29 is 9.90 Å². The zero-order chi connectivity index (χ0) is 13.8. The second-order valence-electron chi connectivity index (χ2n) is 4.12. The van der Waals surface area contributed by atoms with Gasteiger partial charge in [0.05, 0.1) is 11.6 Å². The third kappa shape index (κ3) is 3.36. The van der Waals surface area contributed by atoms with E-state index in [0.29, 0.717) is 0 Å². The molecule has 2 rings (SSSR count). The van der Waals surface area contributed by atoms with Crippen LogP contribution in [0.5, 0.6) is 0 Å². The summed E-state index contributed by atoms with van der Waals surface area (Å²) in [5, 5.41) is 14.4. The molecular formula is C14H14BrNO2S. The van der Waals surface area contributed by atoms with Crippen LogP contribution in [0.4, 0.5) is 5.69 Å². The van der Waals surface area contributed by atoms with Gasteiger partial charge in [0, 0.05) is 15.0 Å². The average molecular weight is 340 g/mol. The number of halogens is 1. The fourth-order valence-electron chi connectivity index (χ4n) is 1.82. The Balaban J connectivity index is 2.21. The summed E-state index contributed by atoms with van der Waals surface area (Å²) in [7, 11) is 0. The van der Waals surface area contributed by atoms with Crippen molar-refractivity contribution in [2.45, 2.75) is 19.4 Å². The molecule has 0 spiro atoms. The van der Waals surface area contributed by atoms with Crippen LogP contribution < -0.4 is 5.32 Å². The zero-order valence-corrected chi connectivity index (χ0v) is 12.8. The van der Waals surface area contributed by atoms with Crippen LogP contribution >= 0.6 is 27.3 Å². The van der Waals surface area contributed by atoms with E-state index < -0.39 is 5.97 Å². The number of carbonyl (C=O) groups is 1. The Morgan fingerprint density at radius 1 is 1.47 bits per heavy atom. The lowest BCUT2D eigenvalue weighted by atomic mass is 10.1. The average Bonchev–Trinajstić information content (AvgIpc) is 2.91. The molecule has 1 aromatic carbocycles. The fourth-order valence-corrected chi connectivity index (χ4v) is 3.17. The molecule has 1 atom stereocenters. The quantitative estimate of drug-likeness (QED) is 0.824. The molecule has 0 aliphatic carbocycles. The molecule has 0 bridgehead atoms. The highest BCUT2D eigenvalue weighted by Gasteiger charge is 2.13. The first kappa shape index (κ1) is 14.1. The number of aromatic carboxylic acids is 1. The Morgan fingerprint density at radius 3 is 2.79 bits per heavy atom. The maximum absolute atomic E-state index is 10.9. The maximum Gasteiger partial charge on any atom is 0.335 e. The van der Waals surface area contributed by atoms with Crippen molar-refractivity contribution in [3.63, 3.8) is 0 Å². The lowest BCUT2D eigenvalue weighted by molar-refractivity contribution is 0.0697. The summed E-state index contributed by atoms with van der Waals surface area (Å²) in [6, 6.07) is 9.40. The molecule has 5 heteroatoms. The Labute approximate surface area is 124 Å². The third-order valence-corrected chi connectivity index (χ3v) is 4.48. The highest BCUT2D eigenvalue weighted by molar-refractivity contribution is 9.10. The first-order chi connectivity index (χ1) is 9.11. The van der Waals surface area contributed by atoms with Crippen molar-refractivity contribution in [3.8, 4) is 0 Å². The second kappa shape index (κ2) is 6.21. The molecule has 2 aromatic rings. The van der Waals surface area contributed by atoms with Gasteiger partial charge in [-0.2, -0.15) is 0 Å². The Hall–Kier alpha value is -1.33. The molecule has 0 saturated heterocycles. The van der Waals surface area contributed by atoms with E-state index in [2.05, 4.69) is 39.6 Å². The van der Waals surface area contributed by atoms with Gasteiger partial charge in [0.1, 0.15) is 0 Å². The lowest BCUT2D eigenvalue weighted by Crippen LogP contribution is -2.09. The first-order valence-corrected chi connectivity index (χ1v) is 7.62. The summed E-state index contributed by atoms with van der Waals surface area (Å²) in [5.41, 5.74) is 1.19. The normalized spacial score (nSPS) is 12.1. The van der Waals surface area contributed by atoms with Crippen molar-refractivity contribution in [1.82, 2.24) is 0 Å². The van der Waals surface area contributed by atoms with Gasteiger partial charge in [-0.15, -0.1) is 11.3 Å². The van der Waals surface area contributed by atoms with E-state index in [1.807, 2.05) is 6.07 Å². The Morgan fingerprint density at radius 2 is 2.26 bits per heavy atom. The minimum absolute atomic E-state index is 0.243. The van der Waals surface area contributed by atoms with Crippen molar-refractivity contribution in [2.24, 2.45) is 0 Å². The predicted molar refractivity (Wildman–Crippen MR) is 82.1 cm³/mol. The van der Waals surface area contributed by atoms with Gasteiger partial charge < -0.3 is 10.4 Å². The molecule has 0 fully saturated rings. The molecule has 3 nitrogen and oxygen atoms in total. The number of carboxylic acid groups (broad SMARTS) is 1. The fraction of sp³-hybridized carbons (Fsp3) is 0.214. The number of hydrogen-bond donors (Lipinski definition) is 2. The van der Waals surface area contributed by atoms with Crippen molar-refractivity contribution in [3.05, 3.63) is 50.6 Å². The molecule has 0 aliphatic rings. The molecule has 0 radical (unpaired) electrons. The molecule has 0 aliphatic heterocycles. The van der Waals surface area contributed by atoms with Crippen LogP contribution in [-0.4, -0.2) is 11.1 Å². The molecule has 0 amide bonds. The van der Waals surface area contributed by atoms with E-state index in [0.717, 1.165) is 16.6 Å². The van der Waals surface area contributed by atoms with Gasteiger partial charge in [0.25, 0.3) is 0 Å². The third-order valence-electron chi connectivity index (χ3n) is 2.84. The van der Waals surface area contributed by atoms with Crippen LogP contribution in [0, 0.1) is 0 Å². The molecule has 100 valence electrons. The van der Waals surface area contributed by atoms with E-state index in [1.165, 1.54) is 4.88 Å². The molecular weight excluding hydrogens is 326 g/mol. The predicted octanol–water partition coefficient (Wildman–Crippen LogP) is 4.77. The highest BCUT2D eigenvalue weighted by Crippen LogP contribution is 2.30. The van der Waals surface area contributed by atoms with Gasteiger partial charge in [-0.05, 0) is 52.0 Å². The monoisotopic (exact) mass is 339 g/mol. The van der Waals surface area contributed by atoms with Crippen LogP contribution in [0.2, 0.25) is 0 Å². The number of nitrogens with one attached hydrogen (secondary N) is 1. The van der Waals surface area contributed by atoms with Gasteiger partial charge >= 0.3 is 5.97 Å². The summed E-state index contributed by atoms with van der Waals surface area (Å²) >= 11 is 5.13. The summed E-state index contributed by atoms with van der Waals surface area (Å²) in [5.74, 6) is -0.919.